The number of methoxy groups -OCH3 is 1. The first kappa shape index (κ1) is 12.8. The Kier molecular flexibility index (Phi) is 3.74. The number of nitrogens with zero attached hydrogens (tertiary/aromatic N) is 1. The van der Waals surface area contributed by atoms with Crippen molar-refractivity contribution in [2.45, 2.75) is 18.7 Å². The molecule has 1 saturated heterocycles. The molecule has 1 N–H and O–H groups in total. The molecule has 16 heavy (non-hydrogen) atoms. The summed E-state index contributed by atoms with van der Waals surface area (Å²) in [4.78, 5) is 22.7. The number of carbonyl (C=O) groups is 2. The van der Waals surface area contributed by atoms with Crippen LogP contribution in [0.15, 0.2) is 0 Å². The molecule has 1 aliphatic rings. The van der Waals surface area contributed by atoms with E-state index in [0.29, 0.717) is 0 Å². The number of hydrogen-bond acceptors (Lipinski definition) is 3. The highest BCUT2D eigenvalue weighted by Crippen LogP contribution is 2.18. The van der Waals surface area contributed by atoms with Crippen molar-refractivity contribution in [3.8, 4) is 0 Å². The Labute approximate surface area is 89.5 Å². The molecule has 0 saturated carbocycles. The summed E-state index contributed by atoms with van der Waals surface area (Å²) < 4.78 is 41.1. The second kappa shape index (κ2) is 4.69. The van der Waals surface area contributed by atoms with E-state index in [-0.39, 0.29) is 17.9 Å². The number of alkyl halides is 3. The van der Waals surface area contributed by atoms with Crippen LogP contribution in [-0.2, 0) is 9.53 Å². The zero-order valence-electron chi connectivity index (χ0n) is 8.50. The number of rotatable bonds is 2. The average Bonchev–Trinajstić information content (AvgIpc) is 2.29. The van der Waals surface area contributed by atoms with Gasteiger partial charge in [0.25, 0.3) is 0 Å². The molecule has 92 valence electrons. The van der Waals surface area contributed by atoms with Gasteiger partial charge in [-0.2, -0.15) is 13.2 Å². The van der Waals surface area contributed by atoms with Crippen molar-refractivity contribution >= 4 is 11.9 Å². The molecule has 1 aliphatic heterocycles. The lowest BCUT2D eigenvalue weighted by Crippen LogP contribution is -2.46. The Bertz CT molecular complexity index is 293. The molecule has 0 radical (unpaired) electrons. The van der Waals surface area contributed by atoms with Crippen molar-refractivity contribution in [3.63, 3.8) is 0 Å². The molecule has 1 rings (SSSR count). The molecule has 0 aliphatic carbocycles. The van der Waals surface area contributed by atoms with Gasteiger partial charge in [-0.05, 0) is 0 Å². The number of hydrogen-bond donors (Lipinski definition) is 1. The Hall–Kier alpha value is -1.31. The van der Waals surface area contributed by atoms with Crippen LogP contribution in [0.4, 0.5) is 18.0 Å². The summed E-state index contributed by atoms with van der Waals surface area (Å²) in [5, 5.41) is 2.19. The molecule has 0 aromatic rings. The first-order valence-corrected chi connectivity index (χ1v) is 4.51. The van der Waals surface area contributed by atoms with Crippen molar-refractivity contribution in [2.24, 2.45) is 0 Å². The van der Waals surface area contributed by atoms with Crippen LogP contribution >= 0.6 is 0 Å². The SMILES string of the molecule is COC1CNC(=O)N(CC(F)(F)F)C(=O)C1. The third-order valence-corrected chi connectivity index (χ3v) is 2.10. The molecule has 8 heteroatoms. The summed E-state index contributed by atoms with van der Waals surface area (Å²) in [5.74, 6) is -0.890. The highest BCUT2D eigenvalue weighted by molar-refractivity contribution is 5.95. The zero-order valence-corrected chi connectivity index (χ0v) is 8.50. The molecule has 5 nitrogen and oxygen atoms in total. The molecule has 1 fully saturated rings. The summed E-state index contributed by atoms with van der Waals surface area (Å²) in [6.07, 6.45) is -5.43. The molecule has 1 heterocycles. The Morgan fingerprint density at radius 1 is 1.50 bits per heavy atom. The van der Waals surface area contributed by atoms with E-state index in [0.717, 1.165) is 0 Å². The molecular weight excluding hydrogens is 229 g/mol. The largest absolute Gasteiger partial charge is 0.406 e. The quantitative estimate of drug-likeness (QED) is 0.764. The predicted octanol–water partition coefficient (Wildman–Crippen LogP) is 0.506. The van der Waals surface area contributed by atoms with Gasteiger partial charge in [-0.15, -0.1) is 0 Å². The van der Waals surface area contributed by atoms with E-state index in [1.807, 2.05) is 0 Å². The van der Waals surface area contributed by atoms with E-state index in [9.17, 15) is 22.8 Å². The normalized spacial score (nSPS) is 23.0. The number of urea groups is 1. The van der Waals surface area contributed by atoms with Crippen molar-refractivity contribution < 1.29 is 27.5 Å². The monoisotopic (exact) mass is 240 g/mol. The van der Waals surface area contributed by atoms with Gasteiger partial charge in [0.05, 0.1) is 12.5 Å². The Balaban J connectivity index is 2.75. The van der Waals surface area contributed by atoms with Crippen molar-refractivity contribution in [3.05, 3.63) is 0 Å². The van der Waals surface area contributed by atoms with E-state index in [1.54, 1.807) is 0 Å². The van der Waals surface area contributed by atoms with E-state index >= 15 is 0 Å². The fourth-order valence-corrected chi connectivity index (χ4v) is 1.29. The molecular formula is C8H11F3N2O3. The lowest BCUT2D eigenvalue weighted by molar-refractivity contribution is -0.155. The summed E-state index contributed by atoms with van der Waals surface area (Å²) in [5.41, 5.74) is 0. The number of nitrogens with one attached hydrogen (secondary N) is 1. The van der Waals surface area contributed by atoms with E-state index in [1.165, 1.54) is 7.11 Å². The Morgan fingerprint density at radius 2 is 2.12 bits per heavy atom. The standard InChI is InChI=1S/C8H11F3N2O3/c1-16-5-2-6(14)13(4-8(9,10)11)7(15)12-3-5/h5H,2-4H2,1H3,(H,12,15). The van der Waals surface area contributed by atoms with Crippen LogP contribution < -0.4 is 5.32 Å². The summed E-state index contributed by atoms with van der Waals surface area (Å²) in [6.45, 7) is -1.55. The molecule has 0 spiro atoms. The third kappa shape index (κ3) is 3.37. The fourth-order valence-electron chi connectivity index (χ4n) is 1.29. The fraction of sp³-hybridized carbons (Fsp3) is 0.750. The average molecular weight is 240 g/mol. The lowest BCUT2D eigenvalue weighted by Gasteiger charge is -2.19. The van der Waals surface area contributed by atoms with Gasteiger partial charge in [-0.1, -0.05) is 0 Å². The van der Waals surface area contributed by atoms with Crippen LogP contribution in [0.1, 0.15) is 6.42 Å². The van der Waals surface area contributed by atoms with Crippen LogP contribution in [0.2, 0.25) is 0 Å². The van der Waals surface area contributed by atoms with Crippen LogP contribution in [0.3, 0.4) is 0 Å². The highest BCUT2D eigenvalue weighted by Gasteiger charge is 2.38. The summed E-state index contributed by atoms with van der Waals surface area (Å²) in [6, 6.07) is -1.04. The minimum absolute atomic E-state index is 0.0232. The van der Waals surface area contributed by atoms with Crippen LogP contribution in [0.25, 0.3) is 0 Å². The van der Waals surface area contributed by atoms with E-state index < -0.39 is 30.8 Å². The third-order valence-electron chi connectivity index (χ3n) is 2.10. The number of carbonyl (C=O) groups excluding carboxylic acids is 2. The maximum atomic E-state index is 12.1. The van der Waals surface area contributed by atoms with Gasteiger partial charge in [0.2, 0.25) is 5.91 Å². The predicted molar refractivity (Wildman–Crippen MR) is 46.6 cm³/mol. The summed E-state index contributed by atoms with van der Waals surface area (Å²) in [7, 11) is 1.32. The molecule has 1 atom stereocenters. The number of halogens is 3. The number of amides is 3. The van der Waals surface area contributed by atoms with Gasteiger partial charge in [-0.3, -0.25) is 9.69 Å². The van der Waals surface area contributed by atoms with E-state index in [2.05, 4.69) is 5.32 Å². The smallest absolute Gasteiger partial charge is 0.379 e. The zero-order chi connectivity index (χ0) is 12.3. The van der Waals surface area contributed by atoms with Gasteiger partial charge < -0.3 is 10.1 Å². The maximum absolute atomic E-state index is 12.1. The number of ether oxygens (including phenoxy) is 1. The maximum Gasteiger partial charge on any atom is 0.406 e. The molecule has 0 bridgehead atoms. The lowest BCUT2D eigenvalue weighted by atomic mass is 10.2. The second-order valence-electron chi connectivity index (χ2n) is 3.34. The molecule has 0 aromatic heterocycles. The van der Waals surface area contributed by atoms with Crippen LogP contribution in [-0.4, -0.2) is 49.3 Å². The minimum Gasteiger partial charge on any atom is -0.379 e. The molecule has 1 unspecified atom stereocenters. The van der Waals surface area contributed by atoms with Gasteiger partial charge >= 0.3 is 12.2 Å². The minimum atomic E-state index is -4.60. The first-order chi connectivity index (χ1) is 7.33. The van der Waals surface area contributed by atoms with E-state index in [4.69, 9.17) is 4.74 Å². The van der Waals surface area contributed by atoms with Gasteiger partial charge in [-0.25, -0.2) is 4.79 Å². The van der Waals surface area contributed by atoms with Crippen LogP contribution in [0, 0.1) is 0 Å². The molecule has 3 amide bonds. The van der Waals surface area contributed by atoms with Crippen molar-refractivity contribution in [1.82, 2.24) is 10.2 Å². The topological polar surface area (TPSA) is 58.6 Å². The van der Waals surface area contributed by atoms with Gasteiger partial charge in [0.1, 0.15) is 6.54 Å². The highest BCUT2D eigenvalue weighted by atomic mass is 19.4. The Morgan fingerprint density at radius 3 is 2.62 bits per heavy atom. The molecule has 0 aromatic carbocycles. The first-order valence-electron chi connectivity index (χ1n) is 4.51. The van der Waals surface area contributed by atoms with Gasteiger partial charge in [0.15, 0.2) is 0 Å². The summed E-state index contributed by atoms with van der Waals surface area (Å²) >= 11 is 0. The van der Waals surface area contributed by atoms with Crippen molar-refractivity contribution in [2.75, 3.05) is 20.2 Å². The van der Waals surface area contributed by atoms with Crippen molar-refractivity contribution in [1.29, 1.82) is 0 Å². The number of imide groups is 1. The van der Waals surface area contributed by atoms with Gasteiger partial charge in [0, 0.05) is 13.7 Å². The van der Waals surface area contributed by atoms with Crippen LogP contribution in [0.5, 0.6) is 0 Å². The second-order valence-corrected chi connectivity index (χ2v) is 3.34.